The van der Waals surface area contributed by atoms with Gasteiger partial charge in [0.1, 0.15) is 0 Å². The summed E-state index contributed by atoms with van der Waals surface area (Å²) >= 11 is 0. The van der Waals surface area contributed by atoms with Crippen molar-refractivity contribution in [3.05, 3.63) is 0 Å². The first-order chi connectivity index (χ1) is 9.09. The van der Waals surface area contributed by atoms with Gasteiger partial charge in [0, 0.05) is 12.6 Å². The Bertz CT molecular complexity index is 251. The van der Waals surface area contributed by atoms with E-state index in [9.17, 15) is 4.79 Å². The van der Waals surface area contributed by atoms with Gasteiger partial charge in [-0.3, -0.25) is 4.79 Å². The van der Waals surface area contributed by atoms with Crippen LogP contribution < -0.4 is 10.6 Å². The van der Waals surface area contributed by atoms with E-state index in [1.54, 1.807) is 0 Å². The van der Waals surface area contributed by atoms with Gasteiger partial charge in [0.15, 0.2) is 0 Å². The Morgan fingerprint density at radius 3 is 2.53 bits per heavy atom. The van der Waals surface area contributed by atoms with Crippen molar-refractivity contribution in [3.8, 4) is 0 Å². The maximum Gasteiger partial charge on any atom is 0.234 e. The summed E-state index contributed by atoms with van der Waals surface area (Å²) in [4.78, 5) is 11.6. The van der Waals surface area contributed by atoms with Gasteiger partial charge in [0.2, 0.25) is 5.91 Å². The van der Waals surface area contributed by atoms with Gasteiger partial charge in [-0.25, -0.2) is 0 Å². The van der Waals surface area contributed by atoms with Crippen molar-refractivity contribution in [2.24, 2.45) is 5.92 Å². The molecular formula is C15H30N2O2. The zero-order chi connectivity index (χ0) is 14.1. The Labute approximate surface area is 117 Å². The van der Waals surface area contributed by atoms with Gasteiger partial charge in [0.25, 0.3) is 0 Å². The predicted molar refractivity (Wildman–Crippen MR) is 78.1 cm³/mol. The Kier molecular flexibility index (Phi) is 8.07. The summed E-state index contributed by atoms with van der Waals surface area (Å²) in [5.41, 5.74) is 0. The third-order valence-corrected chi connectivity index (χ3v) is 3.86. The Balaban J connectivity index is 1.96. The van der Waals surface area contributed by atoms with E-state index in [1.807, 2.05) is 6.92 Å². The number of hydrogen-bond acceptors (Lipinski definition) is 3. The molecule has 0 heterocycles. The number of nitrogens with one attached hydrogen (secondary N) is 2. The highest BCUT2D eigenvalue weighted by Crippen LogP contribution is 2.19. The molecule has 1 aliphatic rings. The zero-order valence-electron chi connectivity index (χ0n) is 12.7. The molecule has 0 aromatic carbocycles. The second-order valence-corrected chi connectivity index (χ2v) is 5.91. The average Bonchev–Trinajstić information content (AvgIpc) is 2.39. The minimum Gasteiger partial charge on any atom is -0.377 e. The molecule has 0 aromatic heterocycles. The lowest BCUT2D eigenvalue weighted by molar-refractivity contribution is -0.121. The molecule has 0 aliphatic heterocycles. The van der Waals surface area contributed by atoms with Gasteiger partial charge in [0.05, 0.1) is 19.3 Å². The highest BCUT2D eigenvalue weighted by Gasteiger charge is 2.13. The minimum atomic E-state index is 0.0684. The van der Waals surface area contributed by atoms with E-state index in [-0.39, 0.29) is 11.9 Å². The second-order valence-electron chi connectivity index (χ2n) is 5.91. The summed E-state index contributed by atoms with van der Waals surface area (Å²) < 4.78 is 5.79. The molecule has 0 bridgehead atoms. The van der Waals surface area contributed by atoms with Crippen LogP contribution >= 0.6 is 0 Å². The highest BCUT2D eigenvalue weighted by atomic mass is 16.5. The van der Waals surface area contributed by atoms with Crippen LogP contribution in [0.5, 0.6) is 0 Å². The molecule has 1 saturated carbocycles. The summed E-state index contributed by atoms with van der Waals surface area (Å²) in [6.07, 6.45) is 6.80. The highest BCUT2D eigenvalue weighted by molar-refractivity contribution is 5.78. The lowest BCUT2D eigenvalue weighted by Crippen LogP contribution is -2.42. The van der Waals surface area contributed by atoms with E-state index in [4.69, 9.17) is 4.74 Å². The quantitative estimate of drug-likeness (QED) is 0.664. The Morgan fingerprint density at radius 1 is 1.21 bits per heavy atom. The molecule has 1 amide bonds. The lowest BCUT2D eigenvalue weighted by atomic mass is 9.98. The van der Waals surface area contributed by atoms with Crippen LogP contribution in [0.25, 0.3) is 0 Å². The summed E-state index contributed by atoms with van der Waals surface area (Å²) in [6.45, 7) is 8.09. The lowest BCUT2D eigenvalue weighted by Gasteiger charge is -2.22. The molecule has 0 saturated heterocycles. The number of carbonyl (C=O) groups is 1. The molecule has 0 radical (unpaired) electrons. The first-order valence-corrected chi connectivity index (χ1v) is 7.71. The van der Waals surface area contributed by atoms with Gasteiger partial charge < -0.3 is 15.4 Å². The average molecular weight is 270 g/mol. The van der Waals surface area contributed by atoms with Gasteiger partial charge in [-0.15, -0.1) is 0 Å². The fraction of sp³-hybridized carbons (Fsp3) is 0.933. The van der Waals surface area contributed by atoms with Gasteiger partial charge in [-0.2, -0.15) is 0 Å². The van der Waals surface area contributed by atoms with Crippen LogP contribution in [0.3, 0.4) is 0 Å². The molecule has 1 rings (SSSR count). The standard InChI is InChI=1S/C15H30N2O2/c1-12(2)13(3)17-15(18)11-16-9-10-19-14-7-5-4-6-8-14/h12-14,16H,4-11H2,1-3H3,(H,17,18). The zero-order valence-corrected chi connectivity index (χ0v) is 12.7. The third-order valence-electron chi connectivity index (χ3n) is 3.86. The van der Waals surface area contributed by atoms with E-state index in [1.165, 1.54) is 32.1 Å². The number of amides is 1. The molecule has 2 N–H and O–H groups in total. The summed E-state index contributed by atoms with van der Waals surface area (Å²) in [6, 6.07) is 0.229. The SMILES string of the molecule is CC(C)C(C)NC(=O)CNCCOC1CCCCC1. The molecule has 1 aliphatic carbocycles. The second kappa shape index (κ2) is 9.32. The van der Waals surface area contributed by atoms with Gasteiger partial charge in [-0.1, -0.05) is 33.1 Å². The van der Waals surface area contributed by atoms with E-state index < -0.39 is 0 Å². The molecule has 4 nitrogen and oxygen atoms in total. The van der Waals surface area contributed by atoms with Crippen LogP contribution in [-0.2, 0) is 9.53 Å². The molecule has 1 unspecified atom stereocenters. The van der Waals surface area contributed by atoms with Crippen LogP contribution in [0.4, 0.5) is 0 Å². The summed E-state index contributed by atoms with van der Waals surface area (Å²) in [5, 5.41) is 6.11. The predicted octanol–water partition coefficient (Wildman–Crippen LogP) is 2.09. The van der Waals surface area contributed by atoms with Crippen molar-refractivity contribution in [2.45, 2.75) is 65.0 Å². The molecule has 1 atom stereocenters. The van der Waals surface area contributed by atoms with Crippen LogP contribution in [0.15, 0.2) is 0 Å². The first kappa shape index (κ1) is 16.4. The summed E-state index contributed by atoms with van der Waals surface area (Å²) in [5.74, 6) is 0.539. The van der Waals surface area contributed by atoms with Crippen LogP contribution in [0.1, 0.15) is 52.9 Å². The van der Waals surface area contributed by atoms with Crippen LogP contribution in [-0.4, -0.2) is 37.7 Å². The molecule has 1 fully saturated rings. The van der Waals surface area contributed by atoms with Gasteiger partial charge in [-0.05, 0) is 25.7 Å². The fourth-order valence-electron chi connectivity index (χ4n) is 2.20. The van der Waals surface area contributed by atoms with Crippen molar-refractivity contribution >= 4 is 5.91 Å². The number of ether oxygens (including phenoxy) is 1. The third kappa shape index (κ3) is 7.53. The molecule has 0 spiro atoms. The molecule has 112 valence electrons. The van der Waals surface area contributed by atoms with Crippen LogP contribution in [0.2, 0.25) is 0 Å². The number of rotatable bonds is 8. The van der Waals surface area contributed by atoms with Crippen molar-refractivity contribution in [2.75, 3.05) is 19.7 Å². The van der Waals surface area contributed by atoms with Gasteiger partial charge >= 0.3 is 0 Å². The van der Waals surface area contributed by atoms with Crippen molar-refractivity contribution < 1.29 is 9.53 Å². The maximum atomic E-state index is 11.6. The molecule has 0 aromatic rings. The molecule has 4 heteroatoms. The largest absolute Gasteiger partial charge is 0.377 e. The normalized spacial score (nSPS) is 18.5. The Morgan fingerprint density at radius 2 is 1.89 bits per heavy atom. The number of carbonyl (C=O) groups excluding carboxylic acids is 1. The monoisotopic (exact) mass is 270 g/mol. The number of hydrogen-bond donors (Lipinski definition) is 2. The maximum absolute atomic E-state index is 11.6. The van der Waals surface area contributed by atoms with Crippen molar-refractivity contribution in [3.63, 3.8) is 0 Å². The first-order valence-electron chi connectivity index (χ1n) is 7.71. The van der Waals surface area contributed by atoms with E-state index >= 15 is 0 Å². The summed E-state index contributed by atoms with van der Waals surface area (Å²) in [7, 11) is 0. The Hall–Kier alpha value is -0.610. The smallest absolute Gasteiger partial charge is 0.234 e. The van der Waals surface area contributed by atoms with Crippen molar-refractivity contribution in [1.82, 2.24) is 10.6 Å². The molecular weight excluding hydrogens is 240 g/mol. The van der Waals surface area contributed by atoms with E-state index in [0.29, 0.717) is 25.2 Å². The minimum absolute atomic E-state index is 0.0684. The van der Waals surface area contributed by atoms with Crippen LogP contribution in [0, 0.1) is 5.92 Å². The fourth-order valence-corrected chi connectivity index (χ4v) is 2.20. The topological polar surface area (TPSA) is 50.4 Å². The molecule has 19 heavy (non-hydrogen) atoms. The van der Waals surface area contributed by atoms with Crippen molar-refractivity contribution in [1.29, 1.82) is 0 Å². The van der Waals surface area contributed by atoms with E-state index in [0.717, 1.165) is 6.54 Å². The van der Waals surface area contributed by atoms with E-state index in [2.05, 4.69) is 24.5 Å².